The number of allylic oxidation sites excluding steroid dienone is 16. The van der Waals surface area contributed by atoms with Crippen molar-refractivity contribution in [2.24, 2.45) is 0 Å². The molecule has 1 unspecified atom stereocenters. The Balaban J connectivity index is 4.23. The first-order valence-corrected chi connectivity index (χ1v) is 29.7. The Labute approximate surface area is 438 Å². The maximum Gasteiger partial charge on any atom is 0.306 e. The van der Waals surface area contributed by atoms with Gasteiger partial charge >= 0.3 is 17.9 Å². The van der Waals surface area contributed by atoms with Gasteiger partial charge in [-0.15, -0.1) is 0 Å². The van der Waals surface area contributed by atoms with Crippen molar-refractivity contribution in [3.05, 3.63) is 97.2 Å². The van der Waals surface area contributed by atoms with Crippen LogP contribution in [0.3, 0.4) is 0 Å². The van der Waals surface area contributed by atoms with Crippen molar-refractivity contribution in [1.29, 1.82) is 0 Å². The van der Waals surface area contributed by atoms with Crippen molar-refractivity contribution in [3.63, 3.8) is 0 Å². The number of unbranched alkanes of at least 4 members (excludes halogenated alkanes) is 26. The lowest BCUT2D eigenvalue weighted by molar-refractivity contribution is -0.167. The van der Waals surface area contributed by atoms with Gasteiger partial charge < -0.3 is 14.2 Å². The fourth-order valence-corrected chi connectivity index (χ4v) is 8.16. The summed E-state index contributed by atoms with van der Waals surface area (Å²) < 4.78 is 16.8. The molecule has 0 saturated heterocycles. The van der Waals surface area contributed by atoms with Crippen LogP contribution in [0.25, 0.3) is 0 Å². The standard InChI is InChI=1S/C65H110O6/c1-4-7-10-13-16-18-20-22-24-26-27-28-29-30-31-32-33-34-35-36-37-39-40-42-44-46-49-52-55-58-64(67)70-61-62(60-69-63(66)57-54-51-48-15-12-9-6-3)71-65(68)59-56-53-50-47-45-43-41-38-25-23-21-19-17-14-11-8-5-2/h7,10,16,18,22,24,27-28,30-31,33-34,36-37,40,42,62H,4-6,8-9,11-15,17,19-21,23,25-26,29,32,35,38-39,41,43-61H2,1-3H3/b10-7-,18-16-,24-22-,28-27-,31-30-,34-33-,37-36-,42-40-. The third-order valence-electron chi connectivity index (χ3n) is 12.6. The maximum absolute atomic E-state index is 12.8. The van der Waals surface area contributed by atoms with Crippen LogP contribution in [0.5, 0.6) is 0 Å². The van der Waals surface area contributed by atoms with E-state index in [1.807, 2.05) is 0 Å². The molecule has 0 aromatic heterocycles. The maximum atomic E-state index is 12.8. The largest absolute Gasteiger partial charge is 0.462 e. The van der Waals surface area contributed by atoms with E-state index in [9.17, 15) is 14.4 Å². The molecule has 0 aliphatic heterocycles. The molecule has 6 nitrogen and oxygen atoms in total. The Morgan fingerprint density at radius 1 is 0.296 bits per heavy atom. The molecule has 0 heterocycles. The van der Waals surface area contributed by atoms with Crippen LogP contribution >= 0.6 is 0 Å². The Hall–Kier alpha value is -3.67. The van der Waals surface area contributed by atoms with Crippen molar-refractivity contribution in [2.45, 2.75) is 284 Å². The van der Waals surface area contributed by atoms with Gasteiger partial charge in [0.1, 0.15) is 13.2 Å². The van der Waals surface area contributed by atoms with Gasteiger partial charge in [-0.1, -0.05) is 272 Å². The van der Waals surface area contributed by atoms with E-state index in [2.05, 4.69) is 118 Å². The fourth-order valence-electron chi connectivity index (χ4n) is 8.16. The molecule has 0 N–H and O–H groups in total. The van der Waals surface area contributed by atoms with Crippen LogP contribution in [-0.4, -0.2) is 37.2 Å². The molecule has 0 spiro atoms. The lowest BCUT2D eigenvalue weighted by Gasteiger charge is -2.18. The third-order valence-corrected chi connectivity index (χ3v) is 12.6. The molecule has 0 aromatic rings. The molecule has 0 fully saturated rings. The monoisotopic (exact) mass is 987 g/mol. The summed E-state index contributed by atoms with van der Waals surface area (Å²) in [6.45, 7) is 6.48. The average molecular weight is 988 g/mol. The van der Waals surface area contributed by atoms with Crippen LogP contribution in [-0.2, 0) is 28.6 Å². The molecular formula is C65H110O6. The molecule has 1 atom stereocenters. The molecule has 0 rings (SSSR count). The highest BCUT2D eigenvalue weighted by atomic mass is 16.6. The minimum Gasteiger partial charge on any atom is -0.462 e. The van der Waals surface area contributed by atoms with Crippen LogP contribution in [0.1, 0.15) is 278 Å². The quantitative estimate of drug-likeness (QED) is 0.0261. The van der Waals surface area contributed by atoms with Crippen LogP contribution in [0.2, 0.25) is 0 Å². The van der Waals surface area contributed by atoms with Crippen molar-refractivity contribution in [1.82, 2.24) is 0 Å². The fraction of sp³-hybridized carbons (Fsp3) is 0.708. The molecule has 0 bridgehead atoms. The van der Waals surface area contributed by atoms with Gasteiger partial charge in [-0.25, -0.2) is 0 Å². The lowest BCUT2D eigenvalue weighted by atomic mass is 10.0. The Morgan fingerprint density at radius 2 is 0.549 bits per heavy atom. The number of carbonyl (C=O) groups excluding carboxylic acids is 3. The number of rotatable bonds is 53. The van der Waals surface area contributed by atoms with Crippen molar-refractivity contribution >= 4 is 17.9 Å². The topological polar surface area (TPSA) is 78.9 Å². The third kappa shape index (κ3) is 57.1. The molecule has 0 aliphatic rings. The van der Waals surface area contributed by atoms with Crippen molar-refractivity contribution in [3.8, 4) is 0 Å². The molecule has 0 radical (unpaired) electrons. The molecule has 71 heavy (non-hydrogen) atoms. The highest BCUT2D eigenvalue weighted by molar-refractivity contribution is 5.71. The van der Waals surface area contributed by atoms with E-state index in [1.54, 1.807) is 0 Å². The summed E-state index contributed by atoms with van der Waals surface area (Å²) in [5, 5.41) is 0. The molecule has 0 aliphatic carbocycles. The van der Waals surface area contributed by atoms with Gasteiger partial charge in [0.05, 0.1) is 0 Å². The first-order chi connectivity index (χ1) is 35.0. The second-order valence-corrected chi connectivity index (χ2v) is 19.5. The first-order valence-electron chi connectivity index (χ1n) is 29.7. The van der Waals surface area contributed by atoms with Gasteiger partial charge in [0.2, 0.25) is 0 Å². The van der Waals surface area contributed by atoms with Gasteiger partial charge in [0, 0.05) is 19.3 Å². The summed E-state index contributed by atoms with van der Waals surface area (Å²) in [6.07, 6.45) is 78.5. The highest BCUT2D eigenvalue weighted by Gasteiger charge is 2.19. The summed E-state index contributed by atoms with van der Waals surface area (Å²) >= 11 is 0. The first kappa shape index (κ1) is 67.3. The molecule has 406 valence electrons. The zero-order valence-corrected chi connectivity index (χ0v) is 46.5. The summed E-state index contributed by atoms with van der Waals surface area (Å²) in [7, 11) is 0. The summed E-state index contributed by atoms with van der Waals surface area (Å²) in [4.78, 5) is 38.0. The average Bonchev–Trinajstić information content (AvgIpc) is 3.37. The van der Waals surface area contributed by atoms with Gasteiger partial charge in [0.25, 0.3) is 0 Å². The van der Waals surface area contributed by atoms with Crippen molar-refractivity contribution < 1.29 is 28.6 Å². The van der Waals surface area contributed by atoms with Crippen LogP contribution in [0, 0.1) is 0 Å². The van der Waals surface area contributed by atoms with E-state index in [-0.39, 0.29) is 31.1 Å². The number of hydrogen-bond donors (Lipinski definition) is 0. The predicted octanol–water partition coefficient (Wildman–Crippen LogP) is 20.1. The summed E-state index contributed by atoms with van der Waals surface area (Å²) in [5.74, 6) is -0.910. The van der Waals surface area contributed by atoms with Gasteiger partial charge in [-0.3, -0.25) is 14.4 Å². The molecule has 0 aromatic carbocycles. The van der Waals surface area contributed by atoms with E-state index in [0.717, 1.165) is 122 Å². The van der Waals surface area contributed by atoms with Gasteiger partial charge in [-0.05, 0) is 83.5 Å². The summed E-state index contributed by atoms with van der Waals surface area (Å²) in [5.41, 5.74) is 0. The van der Waals surface area contributed by atoms with E-state index in [1.165, 1.54) is 116 Å². The van der Waals surface area contributed by atoms with E-state index in [4.69, 9.17) is 14.2 Å². The molecule has 0 saturated carbocycles. The Kier molecular flexibility index (Phi) is 55.9. The number of ether oxygens (including phenoxy) is 3. The summed E-state index contributed by atoms with van der Waals surface area (Å²) in [6, 6.07) is 0. The Morgan fingerprint density at radius 3 is 0.859 bits per heavy atom. The molecule has 0 amide bonds. The zero-order chi connectivity index (χ0) is 51.4. The predicted molar refractivity (Wildman–Crippen MR) is 307 cm³/mol. The van der Waals surface area contributed by atoms with E-state index >= 15 is 0 Å². The normalized spacial score (nSPS) is 12.8. The van der Waals surface area contributed by atoms with Crippen LogP contribution < -0.4 is 0 Å². The second-order valence-electron chi connectivity index (χ2n) is 19.5. The van der Waals surface area contributed by atoms with Crippen molar-refractivity contribution in [2.75, 3.05) is 13.2 Å². The van der Waals surface area contributed by atoms with E-state index in [0.29, 0.717) is 19.3 Å². The lowest BCUT2D eigenvalue weighted by Crippen LogP contribution is -2.30. The molecule has 6 heteroatoms. The minimum absolute atomic E-state index is 0.0831. The smallest absolute Gasteiger partial charge is 0.306 e. The van der Waals surface area contributed by atoms with Gasteiger partial charge in [0.15, 0.2) is 6.10 Å². The second kappa shape index (κ2) is 58.9. The number of esters is 3. The SMILES string of the molecule is CC/C=C\C/C=C\C/C=C\C/C=C\C/C=C\C/C=C\C/C=C\C/C=C\CCCCCCC(=O)OCC(COC(=O)CCCCCCCCC)OC(=O)CCCCCCCCCCCCCCCCCCC. The Bertz CT molecular complexity index is 1410. The number of carbonyl (C=O) groups is 3. The highest BCUT2D eigenvalue weighted by Crippen LogP contribution is 2.16. The number of hydrogen-bond acceptors (Lipinski definition) is 6. The van der Waals surface area contributed by atoms with Gasteiger partial charge in [-0.2, -0.15) is 0 Å². The van der Waals surface area contributed by atoms with E-state index < -0.39 is 6.10 Å². The molecular weight excluding hydrogens is 877 g/mol. The minimum atomic E-state index is -0.784. The zero-order valence-electron chi connectivity index (χ0n) is 46.5. The van der Waals surface area contributed by atoms with Crippen LogP contribution in [0.15, 0.2) is 97.2 Å². The van der Waals surface area contributed by atoms with Crippen LogP contribution in [0.4, 0.5) is 0 Å².